The molecule has 0 saturated heterocycles. The zero-order valence-corrected chi connectivity index (χ0v) is 17.3. The van der Waals surface area contributed by atoms with Gasteiger partial charge in [0.05, 0.1) is 12.4 Å². The Labute approximate surface area is 168 Å². The molecule has 1 aromatic carbocycles. The van der Waals surface area contributed by atoms with Crippen molar-refractivity contribution in [3.63, 3.8) is 0 Å². The average molecular weight is 397 g/mol. The number of aromatic nitrogens is 4. The summed E-state index contributed by atoms with van der Waals surface area (Å²) in [5.74, 6) is -0.0400. The van der Waals surface area contributed by atoms with Crippen LogP contribution in [0.25, 0.3) is 11.2 Å². The molecule has 0 spiro atoms. The highest BCUT2D eigenvalue weighted by molar-refractivity contribution is 5.76. The molecule has 29 heavy (non-hydrogen) atoms. The molecule has 0 aliphatic rings. The van der Waals surface area contributed by atoms with Crippen LogP contribution in [0.4, 0.5) is 0 Å². The molecule has 1 unspecified atom stereocenters. The smallest absolute Gasteiger partial charge is 0.332 e. The first-order valence-corrected chi connectivity index (χ1v) is 9.82. The van der Waals surface area contributed by atoms with E-state index in [1.165, 1.54) is 17.2 Å². The van der Waals surface area contributed by atoms with Crippen LogP contribution in [-0.2, 0) is 31.9 Å². The lowest BCUT2D eigenvalue weighted by molar-refractivity contribution is -0.121. The third kappa shape index (κ3) is 4.16. The molecule has 2 heterocycles. The Morgan fingerprint density at radius 1 is 1.14 bits per heavy atom. The normalized spacial score (nSPS) is 12.3. The molecule has 0 radical (unpaired) electrons. The van der Waals surface area contributed by atoms with Gasteiger partial charge in [-0.2, -0.15) is 0 Å². The molecule has 0 aliphatic carbocycles. The van der Waals surface area contributed by atoms with Crippen LogP contribution < -0.4 is 16.6 Å². The Morgan fingerprint density at radius 2 is 1.83 bits per heavy atom. The molecule has 0 saturated carbocycles. The summed E-state index contributed by atoms with van der Waals surface area (Å²) in [4.78, 5) is 40.9. The Balaban J connectivity index is 1.62. The van der Waals surface area contributed by atoms with Crippen molar-refractivity contribution in [2.24, 2.45) is 14.1 Å². The van der Waals surface area contributed by atoms with Gasteiger partial charge in [-0.3, -0.25) is 18.7 Å². The fourth-order valence-corrected chi connectivity index (χ4v) is 3.42. The van der Waals surface area contributed by atoms with Gasteiger partial charge < -0.3 is 9.88 Å². The van der Waals surface area contributed by atoms with Crippen molar-refractivity contribution in [1.29, 1.82) is 0 Å². The van der Waals surface area contributed by atoms with Crippen LogP contribution in [0.1, 0.15) is 43.9 Å². The van der Waals surface area contributed by atoms with Gasteiger partial charge in [-0.05, 0) is 30.9 Å². The summed E-state index contributed by atoms with van der Waals surface area (Å²) in [7, 11) is 3.03. The SMILES string of the molecule is CCc1ccc(C(C)NC(=O)CCCn2cnc3c2c(=O)n(C)c(=O)n3C)cc1. The van der Waals surface area contributed by atoms with E-state index in [9.17, 15) is 14.4 Å². The first-order chi connectivity index (χ1) is 13.8. The molecule has 154 valence electrons. The van der Waals surface area contributed by atoms with E-state index in [4.69, 9.17) is 0 Å². The molecule has 1 atom stereocenters. The molecule has 3 rings (SSSR count). The third-order valence-electron chi connectivity index (χ3n) is 5.29. The number of fused-ring (bicyclic) bond motifs is 1. The first kappa shape index (κ1) is 20.6. The second-order valence-electron chi connectivity index (χ2n) is 7.30. The standard InChI is InChI=1S/C21H27N5O3/c1-5-15-8-10-16(11-9-15)14(2)23-17(27)7-6-12-26-13-22-19-18(26)20(28)25(4)21(29)24(19)3/h8-11,13-14H,5-7,12H2,1-4H3,(H,23,27). The lowest BCUT2D eigenvalue weighted by Crippen LogP contribution is -2.37. The van der Waals surface area contributed by atoms with Gasteiger partial charge in [-0.25, -0.2) is 9.78 Å². The molecular formula is C21H27N5O3. The van der Waals surface area contributed by atoms with Gasteiger partial charge in [-0.1, -0.05) is 31.2 Å². The maximum absolute atomic E-state index is 12.4. The van der Waals surface area contributed by atoms with Crippen LogP contribution in [0.3, 0.4) is 0 Å². The molecule has 0 bridgehead atoms. The first-order valence-electron chi connectivity index (χ1n) is 9.82. The summed E-state index contributed by atoms with van der Waals surface area (Å²) in [6, 6.07) is 8.18. The Kier molecular flexibility index (Phi) is 6.00. The van der Waals surface area contributed by atoms with Gasteiger partial charge in [0.2, 0.25) is 5.91 Å². The van der Waals surface area contributed by atoms with Gasteiger partial charge in [0.15, 0.2) is 11.2 Å². The number of hydrogen-bond acceptors (Lipinski definition) is 4. The summed E-state index contributed by atoms with van der Waals surface area (Å²) in [5.41, 5.74) is 2.28. The number of rotatable bonds is 7. The molecule has 0 aliphatic heterocycles. The largest absolute Gasteiger partial charge is 0.350 e. The minimum Gasteiger partial charge on any atom is -0.350 e. The van der Waals surface area contributed by atoms with E-state index >= 15 is 0 Å². The van der Waals surface area contributed by atoms with E-state index in [0.717, 1.165) is 16.6 Å². The van der Waals surface area contributed by atoms with Gasteiger partial charge in [0, 0.05) is 27.1 Å². The summed E-state index contributed by atoms with van der Waals surface area (Å²) >= 11 is 0. The summed E-state index contributed by atoms with van der Waals surface area (Å²) in [6.45, 7) is 4.54. The highest BCUT2D eigenvalue weighted by Crippen LogP contribution is 2.14. The number of imidazole rings is 1. The zero-order chi connectivity index (χ0) is 21.1. The zero-order valence-electron chi connectivity index (χ0n) is 17.3. The van der Waals surface area contributed by atoms with Gasteiger partial charge in [-0.15, -0.1) is 0 Å². The number of aryl methyl sites for hydroxylation is 3. The molecular weight excluding hydrogens is 370 g/mol. The molecule has 1 N–H and O–H groups in total. The van der Waals surface area contributed by atoms with E-state index in [2.05, 4.69) is 29.4 Å². The average Bonchev–Trinajstić information content (AvgIpc) is 3.14. The van der Waals surface area contributed by atoms with Crippen molar-refractivity contribution in [2.45, 2.75) is 45.7 Å². The number of benzene rings is 1. The number of nitrogens with one attached hydrogen (secondary N) is 1. The molecule has 8 heteroatoms. The molecule has 0 fully saturated rings. The summed E-state index contributed by atoms with van der Waals surface area (Å²) in [6.07, 6.45) is 3.43. The number of carbonyl (C=O) groups excluding carboxylic acids is 1. The minimum absolute atomic E-state index is 0.0400. The second-order valence-corrected chi connectivity index (χ2v) is 7.30. The maximum atomic E-state index is 12.4. The summed E-state index contributed by atoms with van der Waals surface area (Å²) in [5, 5.41) is 3.01. The molecule has 1 amide bonds. The lowest BCUT2D eigenvalue weighted by Gasteiger charge is -2.15. The highest BCUT2D eigenvalue weighted by Gasteiger charge is 2.15. The quantitative estimate of drug-likeness (QED) is 0.656. The molecule has 3 aromatic rings. The van der Waals surface area contributed by atoms with Crippen LogP contribution in [0.2, 0.25) is 0 Å². The van der Waals surface area contributed by atoms with Crippen LogP contribution in [0, 0.1) is 0 Å². The van der Waals surface area contributed by atoms with Crippen molar-refractivity contribution in [2.75, 3.05) is 0 Å². The third-order valence-corrected chi connectivity index (χ3v) is 5.29. The van der Waals surface area contributed by atoms with Gasteiger partial charge in [0.1, 0.15) is 0 Å². The van der Waals surface area contributed by atoms with Crippen molar-refractivity contribution in [1.82, 2.24) is 24.0 Å². The second kappa shape index (κ2) is 8.46. The van der Waals surface area contributed by atoms with E-state index < -0.39 is 5.69 Å². The van der Waals surface area contributed by atoms with E-state index in [-0.39, 0.29) is 17.5 Å². The highest BCUT2D eigenvalue weighted by atomic mass is 16.2. The molecule has 2 aromatic heterocycles. The number of amides is 1. The Morgan fingerprint density at radius 3 is 2.48 bits per heavy atom. The predicted molar refractivity (Wildman–Crippen MR) is 112 cm³/mol. The van der Waals surface area contributed by atoms with Crippen LogP contribution in [0.5, 0.6) is 0 Å². The van der Waals surface area contributed by atoms with Crippen LogP contribution in [0.15, 0.2) is 40.2 Å². The molecule has 8 nitrogen and oxygen atoms in total. The fourth-order valence-electron chi connectivity index (χ4n) is 3.42. The maximum Gasteiger partial charge on any atom is 0.332 e. The number of carbonyl (C=O) groups is 1. The number of nitrogens with zero attached hydrogens (tertiary/aromatic N) is 4. The van der Waals surface area contributed by atoms with E-state index in [0.29, 0.717) is 30.6 Å². The van der Waals surface area contributed by atoms with Gasteiger partial charge in [0.25, 0.3) is 5.56 Å². The predicted octanol–water partition coefficient (Wildman–Crippen LogP) is 1.65. The van der Waals surface area contributed by atoms with Crippen molar-refractivity contribution < 1.29 is 4.79 Å². The van der Waals surface area contributed by atoms with Gasteiger partial charge >= 0.3 is 5.69 Å². The lowest BCUT2D eigenvalue weighted by atomic mass is 10.0. The number of hydrogen-bond donors (Lipinski definition) is 1. The van der Waals surface area contributed by atoms with E-state index in [1.54, 1.807) is 17.9 Å². The van der Waals surface area contributed by atoms with Crippen molar-refractivity contribution >= 4 is 17.1 Å². The Bertz CT molecular complexity index is 1140. The fraction of sp³-hybridized carbons (Fsp3) is 0.429. The summed E-state index contributed by atoms with van der Waals surface area (Å²) < 4.78 is 4.13. The Hall–Kier alpha value is -3.16. The monoisotopic (exact) mass is 397 g/mol. The van der Waals surface area contributed by atoms with Crippen molar-refractivity contribution in [3.8, 4) is 0 Å². The van der Waals surface area contributed by atoms with Crippen LogP contribution in [-0.4, -0.2) is 24.6 Å². The minimum atomic E-state index is -0.409. The van der Waals surface area contributed by atoms with Crippen molar-refractivity contribution in [3.05, 3.63) is 62.6 Å². The van der Waals surface area contributed by atoms with E-state index in [1.807, 2.05) is 19.1 Å². The van der Waals surface area contributed by atoms with Crippen LogP contribution >= 0.6 is 0 Å². The topological polar surface area (TPSA) is 90.9 Å².